The van der Waals surface area contributed by atoms with Crippen molar-refractivity contribution < 1.29 is 42.1 Å². The summed E-state index contributed by atoms with van der Waals surface area (Å²) in [5.74, 6) is -0.121. The van der Waals surface area contributed by atoms with Gasteiger partial charge in [-0.2, -0.15) is 8.78 Å². The Bertz CT molecular complexity index is 921. The van der Waals surface area contributed by atoms with Gasteiger partial charge in [0.15, 0.2) is 17.6 Å². The predicted molar refractivity (Wildman–Crippen MR) is 131 cm³/mol. The van der Waals surface area contributed by atoms with Crippen LogP contribution in [0.15, 0.2) is 18.2 Å². The van der Waals surface area contributed by atoms with Gasteiger partial charge in [0.2, 0.25) is 0 Å². The van der Waals surface area contributed by atoms with Crippen molar-refractivity contribution in [1.82, 2.24) is 9.80 Å². The molecule has 0 N–H and O–H groups in total. The molecule has 0 aromatic heterocycles. The third kappa shape index (κ3) is 8.43. The van der Waals surface area contributed by atoms with Gasteiger partial charge in [-0.05, 0) is 58.2 Å². The first kappa shape index (κ1) is 28.9. The summed E-state index contributed by atoms with van der Waals surface area (Å²) in [6, 6.07) is 4.36. The molecule has 37 heavy (non-hydrogen) atoms. The molecule has 1 unspecified atom stereocenters. The van der Waals surface area contributed by atoms with Crippen molar-refractivity contribution in [2.75, 3.05) is 40.0 Å². The molecule has 9 nitrogen and oxygen atoms in total. The Kier molecular flexibility index (Phi) is 9.94. The number of amides is 2. The van der Waals surface area contributed by atoms with Crippen LogP contribution in [0.5, 0.6) is 11.5 Å². The number of carbonyl (C=O) groups excluding carboxylic acids is 2. The van der Waals surface area contributed by atoms with E-state index in [4.69, 9.17) is 18.9 Å². The maximum absolute atomic E-state index is 13.6. The molecule has 1 aliphatic carbocycles. The van der Waals surface area contributed by atoms with E-state index in [1.54, 1.807) is 44.9 Å². The fourth-order valence-electron chi connectivity index (χ4n) is 4.13. The number of ether oxygens (including phenoxy) is 5. The minimum atomic E-state index is -2.99. The van der Waals surface area contributed by atoms with E-state index in [1.165, 1.54) is 11.0 Å². The van der Waals surface area contributed by atoms with E-state index in [1.807, 2.05) is 6.92 Å². The maximum Gasteiger partial charge on any atom is 0.410 e. The van der Waals surface area contributed by atoms with E-state index in [-0.39, 0.29) is 49.2 Å². The van der Waals surface area contributed by atoms with Gasteiger partial charge in [0.25, 0.3) is 5.91 Å². The van der Waals surface area contributed by atoms with Gasteiger partial charge in [-0.15, -0.1) is 0 Å². The smallest absolute Gasteiger partial charge is 0.410 e. The summed E-state index contributed by atoms with van der Waals surface area (Å²) < 4.78 is 52.5. The average Bonchev–Trinajstić information content (AvgIpc) is 3.66. The number of methoxy groups -OCH3 is 1. The van der Waals surface area contributed by atoms with Crippen molar-refractivity contribution in [2.24, 2.45) is 0 Å². The van der Waals surface area contributed by atoms with Crippen LogP contribution < -0.4 is 9.47 Å². The second kappa shape index (κ2) is 12.7. The standard InChI is InChI=1S/C26H38F2N2O7/c1-17(18-7-10-20(36-24(27)28)21(15-18)34-13-6-12-33-5)30(19-8-9-19)23(31)22-16-29(11-14-35-22)25(32)37-26(2,3)4/h7,10,15,17,19,22,24H,6,8-9,11-14,16H2,1-5H3/t17?,22-/m1/s1. The lowest BCUT2D eigenvalue weighted by atomic mass is 10.0. The Labute approximate surface area is 216 Å². The summed E-state index contributed by atoms with van der Waals surface area (Å²) in [6.45, 7) is 5.63. The van der Waals surface area contributed by atoms with E-state index < -0.39 is 24.4 Å². The molecule has 1 heterocycles. The SMILES string of the molecule is COCCCOc1cc(C(C)N(C(=O)[C@H]2CN(C(=O)OC(C)(C)C)CCO2)C2CC2)ccc1OC(F)F. The Morgan fingerprint density at radius 3 is 2.54 bits per heavy atom. The molecular formula is C26H38F2N2O7. The van der Waals surface area contributed by atoms with Crippen molar-refractivity contribution >= 4 is 12.0 Å². The van der Waals surface area contributed by atoms with Crippen LogP contribution in [0.25, 0.3) is 0 Å². The van der Waals surface area contributed by atoms with Crippen LogP contribution in [-0.4, -0.2) is 86.2 Å². The van der Waals surface area contributed by atoms with Gasteiger partial charge in [-0.25, -0.2) is 4.79 Å². The molecule has 0 radical (unpaired) electrons. The fraction of sp³-hybridized carbons (Fsp3) is 0.692. The number of carbonyl (C=O) groups is 2. The third-order valence-corrected chi connectivity index (χ3v) is 6.02. The Morgan fingerprint density at radius 1 is 1.19 bits per heavy atom. The van der Waals surface area contributed by atoms with Crippen LogP contribution in [-0.2, 0) is 19.0 Å². The largest absolute Gasteiger partial charge is 0.490 e. The van der Waals surface area contributed by atoms with Crippen molar-refractivity contribution in [2.45, 2.75) is 77.4 Å². The van der Waals surface area contributed by atoms with Crippen molar-refractivity contribution in [1.29, 1.82) is 0 Å². The molecule has 1 aliphatic heterocycles. The lowest BCUT2D eigenvalue weighted by Crippen LogP contribution is -2.54. The van der Waals surface area contributed by atoms with Crippen LogP contribution in [0.4, 0.5) is 13.6 Å². The zero-order valence-corrected chi connectivity index (χ0v) is 22.2. The lowest BCUT2D eigenvalue weighted by molar-refractivity contribution is -0.151. The number of morpholine rings is 1. The number of alkyl halides is 2. The van der Waals surface area contributed by atoms with Gasteiger partial charge in [-0.3, -0.25) is 4.79 Å². The summed E-state index contributed by atoms with van der Waals surface area (Å²) >= 11 is 0. The Balaban J connectivity index is 1.76. The van der Waals surface area contributed by atoms with E-state index in [0.717, 1.165) is 12.8 Å². The van der Waals surface area contributed by atoms with Gasteiger partial charge < -0.3 is 33.5 Å². The molecule has 1 aromatic carbocycles. The Morgan fingerprint density at radius 2 is 1.92 bits per heavy atom. The average molecular weight is 529 g/mol. The van der Waals surface area contributed by atoms with Crippen molar-refractivity contribution in [3.63, 3.8) is 0 Å². The number of rotatable bonds is 11. The first-order chi connectivity index (χ1) is 17.5. The minimum absolute atomic E-state index is 0.0334. The molecule has 0 bridgehead atoms. The number of halogens is 2. The highest BCUT2D eigenvalue weighted by Gasteiger charge is 2.42. The second-order valence-electron chi connectivity index (χ2n) is 10.2. The molecule has 1 saturated heterocycles. The second-order valence-corrected chi connectivity index (χ2v) is 10.2. The Hall–Kier alpha value is -2.66. The molecule has 2 atom stereocenters. The first-order valence-corrected chi connectivity index (χ1v) is 12.6. The van der Waals surface area contributed by atoms with Gasteiger partial charge in [-0.1, -0.05) is 6.07 Å². The van der Waals surface area contributed by atoms with E-state index in [9.17, 15) is 18.4 Å². The fourth-order valence-corrected chi connectivity index (χ4v) is 4.13. The summed E-state index contributed by atoms with van der Waals surface area (Å²) in [6.07, 6.45) is 0.974. The zero-order valence-electron chi connectivity index (χ0n) is 22.2. The predicted octanol–water partition coefficient (Wildman–Crippen LogP) is 4.39. The molecule has 2 fully saturated rings. The molecule has 2 aliphatic rings. The monoisotopic (exact) mass is 528 g/mol. The summed E-state index contributed by atoms with van der Waals surface area (Å²) in [5.41, 5.74) is 0.0657. The molecule has 1 saturated carbocycles. The topological polar surface area (TPSA) is 86.8 Å². The van der Waals surface area contributed by atoms with Gasteiger partial charge >= 0.3 is 12.7 Å². The van der Waals surface area contributed by atoms with E-state index in [0.29, 0.717) is 25.1 Å². The van der Waals surface area contributed by atoms with Crippen LogP contribution in [0, 0.1) is 0 Å². The highest BCUT2D eigenvalue weighted by Crippen LogP contribution is 2.38. The summed E-state index contributed by atoms with van der Waals surface area (Å²) in [4.78, 5) is 29.5. The van der Waals surface area contributed by atoms with Gasteiger partial charge in [0, 0.05) is 32.7 Å². The van der Waals surface area contributed by atoms with Crippen LogP contribution in [0.3, 0.4) is 0 Å². The van der Waals surface area contributed by atoms with Crippen molar-refractivity contribution in [3.05, 3.63) is 23.8 Å². The summed E-state index contributed by atoms with van der Waals surface area (Å²) in [7, 11) is 1.57. The van der Waals surface area contributed by atoms with E-state index >= 15 is 0 Å². The molecule has 2 amide bonds. The summed E-state index contributed by atoms with van der Waals surface area (Å²) in [5, 5.41) is 0. The normalized spacial score (nSPS) is 18.9. The molecule has 208 valence electrons. The highest BCUT2D eigenvalue weighted by atomic mass is 19.3. The number of hydrogen-bond acceptors (Lipinski definition) is 7. The lowest BCUT2D eigenvalue weighted by Gasteiger charge is -2.38. The minimum Gasteiger partial charge on any atom is -0.490 e. The van der Waals surface area contributed by atoms with Gasteiger partial charge in [0.1, 0.15) is 5.60 Å². The molecule has 11 heteroatoms. The molecule has 0 spiro atoms. The van der Waals surface area contributed by atoms with Crippen molar-refractivity contribution in [3.8, 4) is 11.5 Å². The number of benzene rings is 1. The molecular weight excluding hydrogens is 490 g/mol. The van der Waals surface area contributed by atoms with Crippen LogP contribution in [0.2, 0.25) is 0 Å². The third-order valence-electron chi connectivity index (χ3n) is 6.02. The quantitative estimate of drug-likeness (QED) is 0.394. The molecule has 3 rings (SSSR count). The van der Waals surface area contributed by atoms with Crippen LogP contribution >= 0.6 is 0 Å². The van der Waals surface area contributed by atoms with Crippen LogP contribution in [0.1, 0.15) is 58.6 Å². The number of nitrogens with zero attached hydrogens (tertiary/aromatic N) is 2. The van der Waals surface area contributed by atoms with Gasteiger partial charge in [0.05, 0.1) is 25.8 Å². The number of hydrogen-bond donors (Lipinski definition) is 0. The zero-order chi connectivity index (χ0) is 27.2. The maximum atomic E-state index is 13.6. The molecule has 1 aromatic rings. The first-order valence-electron chi connectivity index (χ1n) is 12.6. The van der Waals surface area contributed by atoms with E-state index in [2.05, 4.69) is 4.74 Å². The highest BCUT2D eigenvalue weighted by molar-refractivity contribution is 5.83.